The van der Waals surface area contributed by atoms with Gasteiger partial charge in [0.05, 0.1) is 4.92 Å². The number of anilines is 1. The highest BCUT2D eigenvalue weighted by Gasteiger charge is 2.13. The van der Waals surface area contributed by atoms with Crippen molar-refractivity contribution in [2.75, 3.05) is 5.32 Å². The number of nitrogens with one attached hydrogen (secondary N) is 2. The van der Waals surface area contributed by atoms with Gasteiger partial charge in [-0.2, -0.15) is 0 Å². The van der Waals surface area contributed by atoms with E-state index in [1.165, 1.54) is 29.8 Å². The normalized spacial score (nSPS) is 12.0. The molecule has 0 saturated carbocycles. The molecule has 10 heteroatoms. The third kappa shape index (κ3) is 6.38. The lowest BCUT2D eigenvalue weighted by atomic mass is 9.98. The SMILES string of the molecule is CCC(C)c1ccc2oc(-c3ccc(NC(=S)NC(=O)C=Cc4ccc(Cl)c([N+](=O)[O-])c4)cc3)nc2c1. The molecular weight excluding hydrogens is 512 g/mol. The number of aromatic nitrogens is 1. The largest absolute Gasteiger partial charge is 0.436 e. The molecular formula is C27H23ClN4O4S. The molecule has 4 rings (SSSR count). The average Bonchev–Trinajstić information content (AvgIpc) is 3.31. The van der Waals surface area contributed by atoms with Gasteiger partial charge in [-0.1, -0.05) is 37.6 Å². The number of carbonyl (C=O) groups excluding carboxylic acids is 1. The first kappa shape index (κ1) is 26.0. The molecule has 188 valence electrons. The lowest BCUT2D eigenvalue weighted by molar-refractivity contribution is -0.384. The Kier molecular flexibility index (Phi) is 7.95. The van der Waals surface area contributed by atoms with Gasteiger partial charge in [0.1, 0.15) is 10.5 Å². The van der Waals surface area contributed by atoms with Crippen LogP contribution in [0.25, 0.3) is 28.6 Å². The number of fused-ring (bicyclic) bond motifs is 1. The summed E-state index contributed by atoms with van der Waals surface area (Å²) in [5, 5.41) is 16.6. The number of thiocarbonyl (C=S) groups is 1. The number of nitro groups is 1. The van der Waals surface area contributed by atoms with E-state index in [2.05, 4.69) is 41.6 Å². The monoisotopic (exact) mass is 534 g/mol. The van der Waals surface area contributed by atoms with Gasteiger partial charge in [0.25, 0.3) is 5.69 Å². The number of amides is 1. The van der Waals surface area contributed by atoms with E-state index in [9.17, 15) is 14.9 Å². The molecule has 0 aliphatic carbocycles. The number of carbonyl (C=O) groups is 1. The standard InChI is InChI=1S/C27H23ClN4O4S/c1-3-16(2)19-8-12-24-22(15-19)30-26(36-24)18-6-9-20(10-7-18)29-27(37)31-25(33)13-5-17-4-11-21(28)23(14-17)32(34)35/h4-16H,3H2,1-2H3,(H2,29,31,33,37). The molecule has 1 aromatic heterocycles. The van der Waals surface area contributed by atoms with Gasteiger partial charge in [-0.15, -0.1) is 0 Å². The fraction of sp³-hybridized carbons (Fsp3) is 0.148. The second-order valence-electron chi connectivity index (χ2n) is 8.38. The fourth-order valence-electron chi connectivity index (χ4n) is 3.57. The van der Waals surface area contributed by atoms with Crippen molar-refractivity contribution in [1.29, 1.82) is 0 Å². The second-order valence-corrected chi connectivity index (χ2v) is 9.19. The van der Waals surface area contributed by atoms with Gasteiger partial charge >= 0.3 is 0 Å². The van der Waals surface area contributed by atoms with Crippen molar-refractivity contribution in [2.24, 2.45) is 0 Å². The van der Waals surface area contributed by atoms with Crippen LogP contribution in [0.1, 0.15) is 37.3 Å². The van der Waals surface area contributed by atoms with Gasteiger partial charge in [-0.05, 0) is 84.2 Å². The molecule has 0 aliphatic rings. The minimum atomic E-state index is -0.585. The highest BCUT2D eigenvalue weighted by atomic mass is 35.5. The number of nitro benzene ring substituents is 1. The zero-order valence-electron chi connectivity index (χ0n) is 20.0. The Morgan fingerprint density at radius 2 is 1.95 bits per heavy atom. The van der Waals surface area contributed by atoms with Crippen molar-refractivity contribution in [3.05, 3.63) is 93.0 Å². The maximum Gasteiger partial charge on any atom is 0.288 e. The van der Waals surface area contributed by atoms with Crippen molar-refractivity contribution in [3.63, 3.8) is 0 Å². The van der Waals surface area contributed by atoms with Crippen LogP contribution < -0.4 is 10.6 Å². The van der Waals surface area contributed by atoms with E-state index in [1.54, 1.807) is 18.2 Å². The summed E-state index contributed by atoms with van der Waals surface area (Å²) in [6.45, 7) is 4.34. The third-order valence-corrected chi connectivity index (χ3v) is 6.34. The molecule has 37 heavy (non-hydrogen) atoms. The number of nitrogens with zero attached hydrogens (tertiary/aromatic N) is 2. The summed E-state index contributed by atoms with van der Waals surface area (Å²) in [6, 6.07) is 17.6. The van der Waals surface area contributed by atoms with Crippen molar-refractivity contribution in [2.45, 2.75) is 26.2 Å². The van der Waals surface area contributed by atoms with Crippen LogP contribution in [0.3, 0.4) is 0 Å². The van der Waals surface area contributed by atoms with Crippen LogP contribution in [0.5, 0.6) is 0 Å². The van der Waals surface area contributed by atoms with Crippen molar-refractivity contribution in [1.82, 2.24) is 10.3 Å². The molecule has 0 aliphatic heterocycles. The number of hydrogen-bond donors (Lipinski definition) is 2. The summed E-state index contributed by atoms with van der Waals surface area (Å²) in [5.41, 5.74) is 4.47. The Morgan fingerprint density at radius 1 is 1.19 bits per heavy atom. The molecule has 2 N–H and O–H groups in total. The predicted octanol–water partition coefficient (Wildman–Crippen LogP) is 7.10. The van der Waals surface area contributed by atoms with E-state index in [4.69, 9.17) is 28.2 Å². The molecule has 1 amide bonds. The van der Waals surface area contributed by atoms with Crippen LogP contribution in [0, 0.1) is 10.1 Å². The number of hydrogen-bond acceptors (Lipinski definition) is 6. The summed E-state index contributed by atoms with van der Waals surface area (Å²) in [7, 11) is 0. The van der Waals surface area contributed by atoms with Gasteiger partial charge in [0.15, 0.2) is 10.7 Å². The zero-order valence-corrected chi connectivity index (χ0v) is 21.6. The first-order valence-electron chi connectivity index (χ1n) is 11.5. The van der Waals surface area contributed by atoms with Gasteiger partial charge in [-0.25, -0.2) is 4.98 Å². The molecule has 8 nitrogen and oxygen atoms in total. The lowest BCUT2D eigenvalue weighted by Crippen LogP contribution is -2.32. The van der Waals surface area contributed by atoms with Gasteiger partial charge in [0.2, 0.25) is 11.8 Å². The molecule has 0 saturated heterocycles. The molecule has 4 aromatic rings. The fourth-order valence-corrected chi connectivity index (χ4v) is 3.97. The Morgan fingerprint density at radius 3 is 2.65 bits per heavy atom. The van der Waals surface area contributed by atoms with Crippen LogP contribution in [-0.4, -0.2) is 20.9 Å². The van der Waals surface area contributed by atoms with Gasteiger partial charge < -0.3 is 9.73 Å². The minimum Gasteiger partial charge on any atom is -0.436 e. The van der Waals surface area contributed by atoms with Crippen molar-refractivity contribution < 1.29 is 14.1 Å². The summed E-state index contributed by atoms with van der Waals surface area (Å²) in [5.74, 6) is 0.481. The quantitative estimate of drug-likeness (QED) is 0.113. The van der Waals surface area contributed by atoms with E-state index in [0.717, 1.165) is 23.1 Å². The average molecular weight is 535 g/mol. The van der Waals surface area contributed by atoms with Crippen LogP contribution in [-0.2, 0) is 4.79 Å². The molecule has 1 atom stereocenters. The zero-order chi connectivity index (χ0) is 26.5. The third-order valence-electron chi connectivity index (χ3n) is 5.81. The maximum absolute atomic E-state index is 12.2. The number of benzene rings is 3. The first-order valence-corrected chi connectivity index (χ1v) is 12.3. The van der Waals surface area contributed by atoms with Crippen LogP contribution in [0.2, 0.25) is 5.02 Å². The summed E-state index contributed by atoms with van der Waals surface area (Å²) in [4.78, 5) is 27.3. The molecule has 1 heterocycles. The Labute approximate surface area is 223 Å². The van der Waals surface area contributed by atoms with Gasteiger partial charge in [-0.3, -0.25) is 20.2 Å². The molecule has 0 radical (unpaired) electrons. The van der Waals surface area contributed by atoms with Crippen LogP contribution in [0.4, 0.5) is 11.4 Å². The van der Waals surface area contributed by atoms with E-state index in [-0.39, 0.29) is 15.8 Å². The highest BCUT2D eigenvalue weighted by molar-refractivity contribution is 7.80. The van der Waals surface area contributed by atoms with Crippen molar-refractivity contribution >= 4 is 63.4 Å². The minimum absolute atomic E-state index is 0.0230. The predicted molar refractivity (Wildman–Crippen MR) is 150 cm³/mol. The summed E-state index contributed by atoms with van der Waals surface area (Å²) < 4.78 is 5.92. The van der Waals surface area contributed by atoms with Gasteiger partial charge in [0, 0.05) is 23.4 Å². The smallest absolute Gasteiger partial charge is 0.288 e. The Balaban J connectivity index is 1.37. The van der Waals surface area contributed by atoms with Crippen molar-refractivity contribution in [3.8, 4) is 11.5 Å². The maximum atomic E-state index is 12.2. The van der Waals surface area contributed by atoms with Crippen LogP contribution >= 0.6 is 23.8 Å². The first-order chi connectivity index (χ1) is 17.7. The molecule has 3 aromatic carbocycles. The van der Waals surface area contributed by atoms with E-state index >= 15 is 0 Å². The molecule has 0 bridgehead atoms. The van der Waals surface area contributed by atoms with E-state index in [0.29, 0.717) is 23.1 Å². The number of oxazole rings is 1. The van der Waals surface area contributed by atoms with Crippen LogP contribution in [0.15, 0.2) is 71.2 Å². The molecule has 1 unspecified atom stereocenters. The van der Waals surface area contributed by atoms with E-state index < -0.39 is 10.8 Å². The molecule has 0 fully saturated rings. The summed E-state index contributed by atoms with van der Waals surface area (Å²) >= 11 is 11.0. The number of halogens is 1. The topological polar surface area (TPSA) is 110 Å². The van der Waals surface area contributed by atoms with E-state index in [1.807, 2.05) is 18.2 Å². The lowest BCUT2D eigenvalue weighted by Gasteiger charge is -2.08. The Bertz CT molecular complexity index is 1510. The molecule has 0 spiro atoms. The Hall–Kier alpha value is -4.08. The summed E-state index contributed by atoms with van der Waals surface area (Å²) in [6.07, 6.45) is 3.71. The highest BCUT2D eigenvalue weighted by Crippen LogP contribution is 2.29. The second kappa shape index (κ2) is 11.3. The number of rotatable bonds is 7.